The third kappa shape index (κ3) is 3.26. The quantitative estimate of drug-likeness (QED) is 0.685. The third-order valence-electron chi connectivity index (χ3n) is 2.56. The Balaban J connectivity index is 2.40. The van der Waals surface area contributed by atoms with Gasteiger partial charge in [-0.3, -0.25) is 10.1 Å². The Morgan fingerprint density at radius 3 is 2.67 bits per heavy atom. The summed E-state index contributed by atoms with van der Waals surface area (Å²) in [6, 6.07) is 6.51. The number of hydrogen-bond donors (Lipinski definition) is 1. The molecule has 2 aromatic rings. The van der Waals surface area contributed by atoms with Crippen molar-refractivity contribution in [3.8, 4) is 11.6 Å². The fourth-order valence-corrected chi connectivity index (χ4v) is 1.78. The van der Waals surface area contributed by atoms with Gasteiger partial charge in [0.1, 0.15) is 11.3 Å². The van der Waals surface area contributed by atoms with Crippen molar-refractivity contribution in [3.05, 3.63) is 56.7 Å². The number of aromatic carboxylic acids is 1. The summed E-state index contributed by atoms with van der Waals surface area (Å²) < 4.78 is 5.37. The highest BCUT2D eigenvalue weighted by molar-refractivity contribution is 6.32. The van der Waals surface area contributed by atoms with Gasteiger partial charge < -0.3 is 9.84 Å². The minimum Gasteiger partial charge on any atom is -0.477 e. The number of nitro groups is 1. The molecule has 0 saturated carbocycles. The Labute approximate surface area is 123 Å². The molecule has 0 unspecified atom stereocenters. The number of halogens is 1. The molecule has 1 aromatic heterocycles. The predicted octanol–water partition coefficient (Wildman–Crippen LogP) is 3.44. The van der Waals surface area contributed by atoms with Crippen molar-refractivity contribution in [2.45, 2.75) is 6.92 Å². The van der Waals surface area contributed by atoms with Crippen molar-refractivity contribution >= 4 is 23.3 Å². The second kappa shape index (κ2) is 5.76. The molecule has 7 nitrogen and oxygen atoms in total. The number of aryl methyl sites for hydroxylation is 1. The van der Waals surface area contributed by atoms with Crippen molar-refractivity contribution < 1.29 is 19.6 Å². The van der Waals surface area contributed by atoms with Gasteiger partial charge in [-0.25, -0.2) is 9.78 Å². The van der Waals surface area contributed by atoms with Crippen LogP contribution in [0.15, 0.2) is 30.3 Å². The topological polar surface area (TPSA) is 103 Å². The molecule has 0 bridgehead atoms. The smallest absolute Gasteiger partial charge is 0.341 e. The van der Waals surface area contributed by atoms with Crippen molar-refractivity contribution in [2.24, 2.45) is 0 Å². The van der Waals surface area contributed by atoms with Crippen molar-refractivity contribution in [2.75, 3.05) is 0 Å². The van der Waals surface area contributed by atoms with Crippen LogP contribution in [-0.2, 0) is 0 Å². The van der Waals surface area contributed by atoms with Gasteiger partial charge in [0.25, 0.3) is 5.69 Å². The van der Waals surface area contributed by atoms with Crippen LogP contribution in [0.4, 0.5) is 5.69 Å². The maximum absolute atomic E-state index is 11.1. The van der Waals surface area contributed by atoms with E-state index in [4.69, 9.17) is 21.4 Å². The molecular weight excluding hydrogens is 300 g/mol. The van der Waals surface area contributed by atoms with E-state index in [0.717, 1.165) is 6.07 Å². The van der Waals surface area contributed by atoms with E-state index in [1.54, 1.807) is 6.92 Å². The lowest BCUT2D eigenvalue weighted by Gasteiger charge is -2.09. The average molecular weight is 309 g/mol. The Hall–Kier alpha value is -2.67. The molecule has 1 N–H and O–H groups in total. The number of ether oxygens (including phenoxy) is 1. The molecule has 0 fully saturated rings. The van der Waals surface area contributed by atoms with Crippen molar-refractivity contribution in [1.82, 2.24) is 4.98 Å². The van der Waals surface area contributed by atoms with Gasteiger partial charge in [-0.2, -0.15) is 0 Å². The van der Waals surface area contributed by atoms with E-state index in [2.05, 4.69) is 4.98 Å². The van der Waals surface area contributed by atoms with Crippen LogP contribution in [0.25, 0.3) is 0 Å². The number of carboxylic acids is 1. The first kappa shape index (κ1) is 14.7. The van der Waals surface area contributed by atoms with Crippen LogP contribution in [0.3, 0.4) is 0 Å². The van der Waals surface area contributed by atoms with Crippen LogP contribution < -0.4 is 4.74 Å². The van der Waals surface area contributed by atoms with Gasteiger partial charge in [-0.05, 0) is 25.1 Å². The molecule has 0 saturated heterocycles. The summed E-state index contributed by atoms with van der Waals surface area (Å²) >= 11 is 5.89. The lowest BCUT2D eigenvalue weighted by molar-refractivity contribution is -0.384. The van der Waals surface area contributed by atoms with Gasteiger partial charge in [0.15, 0.2) is 0 Å². The first-order valence-corrected chi connectivity index (χ1v) is 6.09. The summed E-state index contributed by atoms with van der Waals surface area (Å²) in [7, 11) is 0. The zero-order valence-electron chi connectivity index (χ0n) is 10.7. The van der Waals surface area contributed by atoms with Gasteiger partial charge in [0.05, 0.1) is 9.95 Å². The second-order valence-corrected chi connectivity index (χ2v) is 4.49. The Morgan fingerprint density at radius 1 is 1.38 bits per heavy atom. The highest BCUT2D eigenvalue weighted by atomic mass is 35.5. The molecule has 21 heavy (non-hydrogen) atoms. The van der Waals surface area contributed by atoms with E-state index in [9.17, 15) is 14.9 Å². The minimum atomic E-state index is -1.20. The fourth-order valence-electron chi connectivity index (χ4n) is 1.56. The van der Waals surface area contributed by atoms with Gasteiger partial charge in [0.2, 0.25) is 5.88 Å². The number of benzene rings is 1. The number of carbonyl (C=O) groups is 1. The first-order chi connectivity index (χ1) is 9.88. The zero-order valence-corrected chi connectivity index (χ0v) is 11.5. The number of aromatic nitrogens is 1. The van der Waals surface area contributed by atoms with Gasteiger partial charge >= 0.3 is 5.97 Å². The highest BCUT2D eigenvalue weighted by Crippen LogP contribution is 2.33. The Kier molecular flexibility index (Phi) is 4.04. The molecule has 0 amide bonds. The van der Waals surface area contributed by atoms with Gasteiger partial charge in [0, 0.05) is 17.8 Å². The Bertz CT molecular complexity index is 732. The van der Waals surface area contributed by atoms with E-state index in [1.165, 1.54) is 24.3 Å². The summed E-state index contributed by atoms with van der Waals surface area (Å²) in [5.74, 6) is -1.24. The number of hydrogen-bond acceptors (Lipinski definition) is 5. The lowest BCUT2D eigenvalue weighted by Crippen LogP contribution is -2.03. The maximum atomic E-state index is 11.1. The normalized spacial score (nSPS) is 10.2. The van der Waals surface area contributed by atoms with Gasteiger partial charge in [-0.1, -0.05) is 11.6 Å². The molecule has 0 aliphatic carbocycles. The predicted molar refractivity (Wildman–Crippen MR) is 74.1 cm³/mol. The third-order valence-corrected chi connectivity index (χ3v) is 2.86. The fraction of sp³-hybridized carbons (Fsp3) is 0.0769. The molecule has 0 radical (unpaired) electrons. The molecule has 0 aliphatic heterocycles. The first-order valence-electron chi connectivity index (χ1n) is 5.71. The zero-order chi connectivity index (χ0) is 15.6. The monoisotopic (exact) mass is 308 g/mol. The summed E-state index contributed by atoms with van der Waals surface area (Å²) in [4.78, 5) is 25.1. The number of pyridine rings is 1. The maximum Gasteiger partial charge on any atom is 0.341 e. The van der Waals surface area contributed by atoms with E-state index >= 15 is 0 Å². The van der Waals surface area contributed by atoms with Crippen LogP contribution in [-0.4, -0.2) is 21.0 Å². The lowest BCUT2D eigenvalue weighted by atomic mass is 10.2. The molecule has 0 aliphatic rings. The SMILES string of the molecule is Cc1ccc(C(=O)O)c(Oc2ccc([N+](=O)[O-])cc2Cl)n1. The number of nitrogens with zero attached hydrogens (tertiary/aromatic N) is 2. The highest BCUT2D eigenvalue weighted by Gasteiger charge is 2.17. The Morgan fingerprint density at radius 2 is 2.10 bits per heavy atom. The molecule has 2 rings (SSSR count). The van der Waals surface area contributed by atoms with E-state index in [1.807, 2.05) is 0 Å². The van der Waals surface area contributed by atoms with E-state index < -0.39 is 10.9 Å². The van der Waals surface area contributed by atoms with Crippen LogP contribution in [0.2, 0.25) is 5.02 Å². The molecule has 108 valence electrons. The van der Waals surface area contributed by atoms with Crippen LogP contribution in [0, 0.1) is 17.0 Å². The standard InChI is InChI=1S/C13H9ClN2O5/c1-7-2-4-9(13(17)18)12(15-7)21-11-5-3-8(16(19)20)6-10(11)14/h2-6H,1H3,(H,17,18). The van der Waals surface area contributed by atoms with Crippen molar-refractivity contribution in [1.29, 1.82) is 0 Å². The van der Waals surface area contributed by atoms with E-state index in [0.29, 0.717) is 5.69 Å². The average Bonchev–Trinajstić information content (AvgIpc) is 2.40. The molecule has 0 atom stereocenters. The molecule has 1 heterocycles. The van der Waals surface area contributed by atoms with Crippen LogP contribution in [0.1, 0.15) is 16.1 Å². The van der Waals surface area contributed by atoms with Crippen LogP contribution >= 0.6 is 11.6 Å². The minimum absolute atomic E-state index is 0.0103. The molecular formula is C13H9ClN2O5. The van der Waals surface area contributed by atoms with E-state index in [-0.39, 0.29) is 27.9 Å². The number of nitro benzene ring substituents is 1. The summed E-state index contributed by atoms with van der Waals surface area (Å²) in [6.07, 6.45) is 0. The molecule has 0 spiro atoms. The van der Waals surface area contributed by atoms with Gasteiger partial charge in [-0.15, -0.1) is 0 Å². The molecule has 1 aromatic carbocycles. The number of carboxylic acid groups (broad SMARTS) is 1. The number of rotatable bonds is 4. The summed E-state index contributed by atoms with van der Waals surface area (Å²) in [6.45, 7) is 1.68. The summed E-state index contributed by atoms with van der Waals surface area (Å²) in [5, 5.41) is 19.7. The molecule has 8 heteroatoms. The second-order valence-electron chi connectivity index (χ2n) is 4.08. The largest absolute Gasteiger partial charge is 0.477 e. The number of non-ortho nitro benzene ring substituents is 1. The summed E-state index contributed by atoms with van der Waals surface area (Å²) in [5.41, 5.74) is 0.242. The van der Waals surface area contributed by atoms with Crippen molar-refractivity contribution in [3.63, 3.8) is 0 Å². The van der Waals surface area contributed by atoms with Crippen LogP contribution in [0.5, 0.6) is 11.6 Å².